The van der Waals surface area contributed by atoms with E-state index in [-0.39, 0.29) is 5.56 Å². The lowest BCUT2D eigenvalue weighted by Gasteiger charge is -2.04. The van der Waals surface area contributed by atoms with E-state index in [1.54, 1.807) is 10.9 Å². The van der Waals surface area contributed by atoms with Gasteiger partial charge in [-0.25, -0.2) is 4.79 Å². The number of rotatable bonds is 3. The molecule has 0 saturated heterocycles. The first-order chi connectivity index (χ1) is 8.08. The molecule has 0 bridgehead atoms. The maximum Gasteiger partial charge on any atom is 0.336 e. The summed E-state index contributed by atoms with van der Waals surface area (Å²) in [4.78, 5) is 15.6. The van der Waals surface area contributed by atoms with Gasteiger partial charge in [0.15, 0.2) is 0 Å². The Morgan fingerprint density at radius 3 is 2.88 bits per heavy atom. The minimum atomic E-state index is -0.950. The number of carboxylic acids is 1. The molecule has 0 atom stereocenters. The van der Waals surface area contributed by atoms with Crippen molar-refractivity contribution in [3.8, 4) is 0 Å². The smallest absolute Gasteiger partial charge is 0.336 e. The van der Waals surface area contributed by atoms with Crippen molar-refractivity contribution in [3.63, 3.8) is 0 Å². The standard InChI is InChI=1S/C11H11N3O2S/c1-7-5-10(14(2)13-7)17-9-6-12-4-3-8(9)11(15)16/h3-6H,1-2H3,(H,15,16). The highest BCUT2D eigenvalue weighted by atomic mass is 32.2. The molecule has 88 valence electrons. The van der Waals surface area contributed by atoms with Crippen LogP contribution in [-0.4, -0.2) is 25.8 Å². The third kappa shape index (κ3) is 2.47. The van der Waals surface area contributed by atoms with Gasteiger partial charge in [-0.05, 0) is 19.1 Å². The first-order valence-electron chi connectivity index (χ1n) is 4.93. The van der Waals surface area contributed by atoms with Gasteiger partial charge in [0, 0.05) is 24.3 Å². The van der Waals surface area contributed by atoms with Gasteiger partial charge in [0.1, 0.15) is 0 Å². The van der Waals surface area contributed by atoms with E-state index in [0.29, 0.717) is 4.90 Å². The molecule has 0 aliphatic rings. The van der Waals surface area contributed by atoms with E-state index in [1.165, 1.54) is 24.0 Å². The fourth-order valence-electron chi connectivity index (χ4n) is 1.43. The highest BCUT2D eigenvalue weighted by Gasteiger charge is 2.12. The first kappa shape index (κ1) is 11.7. The van der Waals surface area contributed by atoms with Crippen LogP contribution in [-0.2, 0) is 7.05 Å². The SMILES string of the molecule is Cc1cc(Sc2cnccc2C(=O)O)n(C)n1. The van der Waals surface area contributed by atoms with E-state index >= 15 is 0 Å². The van der Waals surface area contributed by atoms with Gasteiger partial charge in [-0.15, -0.1) is 0 Å². The van der Waals surface area contributed by atoms with Crippen molar-refractivity contribution in [1.29, 1.82) is 0 Å². The summed E-state index contributed by atoms with van der Waals surface area (Å²) in [6.07, 6.45) is 3.03. The molecule has 1 N–H and O–H groups in total. The number of aryl methyl sites for hydroxylation is 2. The average molecular weight is 249 g/mol. The van der Waals surface area contributed by atoms with Gasteiger partial charge >= 0.3 is 5.97 Å². The molecule has 5 nitrogen and oxygen atoms in total. The van der Waals surface area contributed by atoms with Crippen LogP contribution in [0.1, 0.15) is 16.1 Å². The van der Waals surface area contributed by atoms with Gasteiger partial charge in [-0.1, -0.05) is 11.8 Å². The summed E-state index contributed by atoms with van der Waals surface area (Å²) < 4.78 is 1.72. The second-order valence-electron chi connectivity index (χ2n) is 3.53. The summed E-state index contributed by atoms with van der Waals surface area (Å²) in [6, 6.07) is 3.40. The van der Waals surface area contributed by atoms with Crippen LogP contribution in [0.2, 0.25) is 0 Å². The summed E-state index contributed by atoms with van der Waals surface area (Å²) >= 11 is 1.35. The van der Waals surface area contributed by atoms with Crippen molar-refractivity contribution in [3.05, 3.63) is 35.8 Å². The number of carbonyl (C=O) groups is 1. The van der Waals surface area contributed by atoms with Crippen LogP contribution in [0.15, 0.2) is 34.4 Å². The van der Waals surface area contributed by atoms with Gasteiger partial charge < -0.3 is 5.11 Å². The lowest BCUT2D eigenvalue weighted by Crippen LogP contribution is -2.00. The zero-order chi connectivity index (χ0) is 12.4. The Morgan fingerprint density at radius 1 is 1.53 bits per heavy atom. The molecule has 0 radical (unpaired) electrons. The van der Waals surface area contributed by atoms with Crippen molar-refractivity contribution in [2.75, 3.05) is 0 Å². The van der Waals surface area contributed by atoms with Crippen molar-refractivity contribution in [1.82, 2.24) is 14.8 Å². The van der Waals surface area contributed by atoms with E-state index in [2.05, 4.69) is 10.1 Å². The summed E-state index contributed by atoms with van der Waals surface area (Å²) in [6.45, 7) is 1.89. The summed E-state index contributed by atoms with van der Waals surface area (Å²) in [5, 5.41) is 14.2. The Hall–Kier alpha value is -1.82. The molecule has 0 spiro atoms. The van der Waals surface area contributed by atoms with Crippen LogP contribution >= 0.6 is 11.8 Å². The third-order valence-corrected chi connectivity index (χ3v) is 3.32. The minimum absolute atomic E-state index is 0.254. The minimum Gasteiger partial charge on any atom is -0.478 e. The second kappa shape index (κ2) is 4.58. The van der Waals surface area contributed by atoms with Gasteiger partial charge in [0.2, 0.25) is 0 Å². The van der Waals surface area contributed by atoms with E-state index in [0.717, 1.165) is 10.7 Å². The van der Waals surface area contributed by atoms with Crippen LogP contribution in [0.25, 0.3) is 0 Å². The molecular weight excluding hydrogens is 238 g/mol. The Labute approximate surface area is 102 Å². The molecule has 0 saturated carbocycles. The Kier molecular flexibility index (Phi) is 3.14. The lowest BCUT2D eigenvalue weighted by atomic mass is 10.3. The monoisotopic (exact) mass is 249 g/mol. The molecule has 17 heavy (non-hydrogen) atoms. The van der Waals surface area contributed by atoms with E-state index < -0.39 is 5.97 Å². The molecule has 2 aromatic rings. The van der Waals surface area contributed by atoms with Gasteiger partial charge in [-0.2, -0.15) is 5.10 Å². The normalized spacial score (nSPS) is 10.5. The summed E-state index contributed by atoms with van der Waals surface area (Å²) in [7, 11) is 1.83. The number of aromatic nitrogens is 3. The molecule has 6 heteroatoms. The van der Waals surface area contributed by atoms with E-state index in [1.807, 2.05) is 20.0 Å². The summed E-state index contributed by atoms with van der Waals surface area (Å²) in [5.41, 5.74) is 1.15. The zero-order valence-corrected chi connectivity index (χ0v) is 10.2. The number of aromatic carboxylic acids is 1. The first-order valence-corrected chi connectivity index (χ1v) is 5.75. The van der Waals surface area contributed by atoms with E-state index in [4.69, 9.17) is 5.11 Å². The predicted molar refractivity (Wildman–Crippen MR) is 63.3 cm³/mol. The Balaban J connectivity index is 2.36. The molecule has 0 fully saturated rings. The molecule has 0 aliphatic carbocycles. The van der Waals surface area contributed by atoms with Crippen molar-refractivity contribution >= 4 is 17.7 Å². The predicted octanol–water partition coefficient (Wildman–Crippen LogP) is 1.97. The Morgan fingerprint density at radius 2 is 2.29 bits per heavy atom. The van der Waals surface area contributed by atoms with Crippen LogP contribution in [0, 0.1) is 6.92 Å². The number of carboxylic acid groups (broad SMARTS) is 1. The highest BCUT2D eigenvalue weighted by Crippen LogP contribution is 2.29. The summed E-state index contributed by atoms with van der Waals surface area (Å²) in [5.74, 6) is -0.950. The topological polar surface area (TPSA) is 68.0 Å². The largest absolute Gasteiger partial charge is 0.478 e. The van der Waals surface area contributed by atoms with Gasteiger partial charge in [-0.3, -0.25) is 9.67 Å². The van der Waals surface area contributed by atoms with Crippen molar-refractivity contribution in [2.45, 2.75) is 16.8 Å². The Bertz CT molecular complexity index is 566. The van der Waals surface area contributed by atoms with Crippen molar-refractivity contribution < 1.29 is 9.90 Å². The quantitative estimate of drug-likeness (QED) is 0.900. The number of nitrogens with zero attached hydrogens (tertiary/aromatic N) is 3. The van der Waals surface area contributed by atoms with E-state index in [9.17, 15) is 4.79 Å². The van der Waals surface area contributed by atoms with Crippen LogP contribution in [0.5, 0.6) is 0 Å². The van der Waals surface area contributed by atoms with Crippen LogP contribution in [0.4, 0.5) is 0 Å². The molecule has 2 aromatic heterocycles. The molecule has 2 heterocycles. The zero-order valence-electron chi connectivity index (χ0n) is 9.41. The molecule has 0 aromatic carbocycles. The van der Waals surface area contributed by atoms with Crippen molar-refractivity contribution in [2.24, 2.45) is 7.05 Å². The second-order valence-corrected chi connectivity index (χ2v) is 4.59. The maximum absolute atomic E-state index is 11.0. The van der Waals surface area contributed by atoms with Gasteiger partial charge in [0.25, 0.3) is 0 Å². The lowest BCUT2D eigenvalue weighted by molar-refractivity contribution is 0.0693. The fourth-order valence-corrected chi connectivity index (χ4v) is 2.44. The highest BCUT2D eigenvalue weighted by molar-refractivity contribution is 7.99. The molecule has 0 aliphatic heterocycles. The van der Waals surface area contributed by atoms with Crippen LogP contribution in [0.3, 0.4) is 0 Å². The molecule has 2 rings (SSSR count). The number of pyridine rings is 1. The molecule has 0 amide bonds. The third-order valence-electron chi connectivity index (χ3n) is 2.19. The number of hydrogen-bond acceptors (Lipinski definition) is 4. The van der Waals surface area contributed by atoms with Crippen LogP contribution < -0.4 is 0 Å². The molecule has 0 unspecified atom stereocenters. The molecular formula is C11H11N3O2S. The van der Waals surface area contributed by atoms with Gasteiger partial charge in [0.05, 0.1) is 16.3 Å². The number of hydrogen-bond donors (Lipinski definition) is 1. The maximum atomic E-state index is 11.0. The fraction of sp³-hybridized carbons (Fsp3) is 0.182. The average Bonchev–Trinajstić information content (AvgIpc) is 2.58.